The van der Waals surface area contributed by atoms with E-state index in [1.165, 1.54) is 135 Å². The summed E-state index contributed by atoms with van der Waals surface area (Å²) in [6.45, 7) is 4.66. The number of aliphatic carboxylic acids is 1. The third kappa shape index (κ3) is 63.4. The van der Waals surface area contributed by atoms with Gasteiger partial charge in [-0.05, 0) is 96.3 Å². The Labute approximate surface area is 498 Å². The van der Waals surface area contributed by atoms with E-state index in [9.17, 15) is 19.5 Å². The smallest absolute Gasteiger partial charge is 0.361 e. The number of esters is 2. The van der Waals surface area contributed by atoms with E-state index in [0.29, 0.717) is 11.0 Å². The Balaban J connectivity index is 4.11. The Morgan fingerprint density at radius 2 is 0.667 bits per heavy atom. The largest absolute Gasteiger partial charge is 0.477 e. The number of carbonyl (C=O) groups excluding carboxylic acids is 2. The van der Waals surface area contributed by atoms with E-state index in [1.54, 1.807) is 0 Å². The van der Waals surface area contributed by atoms with Crippen molar-refractivity contribution in [2.24, 2.45) is 0 Å². The van der Waals surface area contributed by atoms with Crippen molar-refractivity contribution in [1.29, 1.82) is 0 Å². The fourth-order valence-electron chi connectivity index (χ4n) is 9.03. The van der Waals surface area contributed by atoms with Crippen molar-refractivity contribution >= 4 is 17.9 Å². The number of nitrogens with zero attached hydrogens (tertiary/aromatic N) is 1. The fraction of sp³-hybridized carbons (Fsp3) is 0.708. The average Bonchev–Trinajstić information content (AvgIpc) is 3.44. The van der Waals surface area contributed by atoms with E-state index >= 15 is 0 Å². The topological polar surface area (TPSA) is 108 Å². The van der Waals surface area contributed by atoms with Gasteiger partial charge in [0, 0.05) is 12.8 Å². The standard InChI is InChI=1S/C72H123NO8/c1-6-8-10-12-14-16-18-20-22-24-26-28-29-30-31-32-33-34-35-36-37-38-39-40-41-43-45-47-49-51-53-55-57-59-61-63-70(75)81-68(67-80-72(71(76)77)78-65-64-73(3,4)5)66-79-69(74)62-60-58-56-54-52-50-48-46-44-42-27-25-23-21-19-17-15-13-11-9-7-2/h8-11,14-17,20-23,26-28,30-31,42,68,72H,6-7,12-13,18-19,24-25,29,32-41,43-67H2,1-5H3/p+1/b10-8-,11-9-,16-14-,17-15-,22-20-,23-21-,28-26-,31-30-,42-27-. The fourth-order valence-corrected chi connectivity index (χ4v) is 9.03. The third-order valence-electron chi connectivity index (χ3n) is 14.0. The number of allylic oxidation sites excluding steroid dienone is 18. The van der Waals surface area contributed by atoms with Crippen LogP contribution in [0, 0.1) is 0 Å². The Kier molecular flexibility index (Phi) is 58.9. The summed E-state index contributed by atoms with van der Waals surface area (Å²) >= 11 is 0. The highest BCUT2D eigenvalue weighted by Crippen LogP contribution is 2.17. The van der Waals surface area contributed by atoms with Crippen molar-refractivity contribution in [3.8, 4) is 0 Å². The van der Waals surface area contributed by atoms with Gasteiger partial charge in [-0.1, -0.05) is 271 Å². The first kappa shape index (κ1) is 77.0. The van der Waals surface area contributed by atoms with Crippen LogP contribution in [-0.4, -0.2) is 87.4 Å². The predicted molar refractivity (Wildman–Crippen MR) is 345 cm³/mol. The molecule has 0 fully saturated rings. The van der Waals surface area contributed by atoms with Crippen LogP contribution >= 0.6 is 0 Å². The zero-order chi connectivity index (χ0) is 59.1. The summed E-state index contributed by atoms with van der Waals surface area (Å²) in [7, 11) is 5.97. The van der Waals surface area contributed by atoms with E-state index < -0.39 is 24.3 Å². The SMILES string of the molecule is CC/C=C\C/C=C\C/C=C\C/C=C\C/C=C\CCCCCCCCCCCCCCCCCCCCCC(=O)OC(COC(=O)CCCCCCCCCC/C=C\C/C=C\C/C=C\C/C=C\CC)COC(OCC[N+](C)(C)C)C(=O)O. The second-order valence-electron chi connectivity index (χ2n) is 23.0. The Bertz CT molecular complexity index is 1700. The van der Waals surface area contributed by atoms with Gasteiger partial charge in [0.1, 0.15) is 13.2 Å². The Morgan fingerprint density at radius 1 is 0.370 bits per heavy atom. The molecule has 0 aromatic heterocycles. The lowest BCUT2D eigenvalue weighted by atomic mass is 10.0. The number of quaternary nitrogens is 1. The number of rotatable bonds is 60. The van der Waals surface area contributed by atoms with Crippen molar-refractivity contribution in [1.82, 2.24) is 0 Å². The first-order valence-electron chi connectivity index (χ1n) is 33.1. The first-order valence-corrected chi connectivity index (χ1v) is 33.1. The molecule has 0 aromatic rings. The maximum atomic E-state index is 12.9. The minimum Gasteiger partial charge on any atom is -0.477 e. The summed E-state index contributed by atoms with van der Waals surface area (Å²) in [5, 5.41) is 9.73. The van der Waals surface area contributed by atoms with Crippen LogP contribution in [0.15, 0.2) is 109 Å². The lowest BCUT2D eigenvalue weighted by Gasteiger charge is -2.25. The zero-order valence-corrected chi connectivity index (χ0v) is 52.9. The number of carboxylic acid groups (broad SMARTS) is 1. The zero-order valence-electron chi connectivity index (χ0n) is 52.9. The van der Waals surface area contributed by atoms with Crippen molar-refractivity contribution in [3.05, 3.63) is 109 Å². The number of hydrogen-bond donors (Lipinski definition) is 1. The molecular formula is C72H124NO8+. The molecule has 2 unspecified atom stereocenters. The van der Waals surface area contributed by atoms with Gasteiger partial charge in [-0.3, -0.25) is 9.59 Å². The minimum atomic E-state index is -1.52. The normalized spacial score (nSPS) is 13.4. The molecule has 2 atom stereocenters. The van der Waals surface area contributed by atoms with E-state index in [1.807, 2.05) is 21.1 Å². The molecule has 0 saturated carbocycles. The quantitative estimate of drug-likeness (QED) is 0.0211. The van der Waals surface area contributed by atoms with Gasteiger partial charge in [-0.2, -0.15) is 0 Å². The van der Waals surface area contributed by atoms with Crippen molar-refractivity contribution in [2.45, 2.75) is 283 Å². The number of carboxylic acids is 1. The number of hydrogen-bond acceptors (Lipinski definition) is 7. The molecule has 0 rings (SSSR count). The van der Waals surface area contributed by atoms with Gasteiger partial charge in [-0.15, -0.1) is 0 Å². The van der Waals surface area contributed by atoms with Crippen molar-refractivity contribution in [3.63, 3.8) is 0 Å². The number of unbranched alkanes of at least 4 members (excludes halogenated alkanes) is 27. The molecule has 0 spiro atoms. The summed E-state index contributed by atoms with van der Waals surface area (Å²) in [5.41, 5.74) is 0. The molecule has 81 heavy (non-hydrogen) atoms. The van der Waals surface area contributed by atoms with Gasteiger partial charge < -0.3 is 28.5 Å². The van der Waals surface area contributed by atoms with Crippen LogP contribution in [0.25, 0.3) is 0 Å². The van der Waals surface area contributed by atoms with Crippen LogP contribution in [0.3, 0.4) is 0 Å². The Morgan fingerprint density at radius 3 is 0.988 bits per heavy atom. The molecule has 0 saturated heterocycles. The summed E-state index contributed by atoms with van der Waals surface area (Å²) in [4.78, 5) is 37.6. The molecule has 0 radical (unpaired) electrons. The number of ether oxygens (including phenoxy) is 4. The highest BCUT2D eigenvalue weighted by atomic mass is 16.7. The molecule has 1 N–H and O–H groups in total. The highest BCUT2D eigenvalue weighted by Gasteiger charge is 2.25. The molecule has 0 aliphatic carbocycles. The van der Waals surface area contributed by atoms with Gasteiger partial charge in [0.2, 0.25) is 0 Å². The molecule has 9 nitrogen and oxygen atoms in total. The molecule has 464 valence electrons. The van der Waals surface area contributed by atoms with Crippen molar-refractivity contribution in [2.75, 3.05) is 47.5 Å². The molecular weight excluding hydrogens is 1010 g/mol. The van der Waals surface area contributed by atoms with Crippen LogP contribution in [-0.2, 0) is 33.3 Å². The summed E-state index contributed by atoms with van der Waals surface area (Å²) < 4.78 is 22.9. The van der Waals surface area contributed by atoms with Crippen molar-refractivity contribution < 1.29 is 42.9 Å². The second kappa shape index (κ2) is 62.0. The van der Waals surface area contributed by atoms with Gasteiger partial charge >= 0.3 is 17.9 Å². The number of likely N-dealkylation sites (N-methyl/N-ethyl adjacent to an activating group) is 1. The highest BCUT2D eigenvalue weighted by molar-refractivity contribution is 5.71. The van der Waals surface area contributed by atoms with E-state index in [0.717, 1.165) is 109 Å². The lowest BCUT2D eigenvalue weighted by Crippen LogP contribution is -2.40. The predicted octanol–water partition coefficient (Wildman–Crippen LogP) is 20.2. The molecule has 0 aliphatic heterocycles. The van der Waals surface area contributed by atoms with Crippen LogP contribution < -0.4 is 0 Å². The summed E-state index contributed by atoms with van der Waals surface area (Å²) in [6, 6.07) is 0. The second-order valence-corrected chi connectivity index (χ2v) is 23.0. The van der Waals surface area contributed by atoms with Crippen LogP contribution in [0.1, 0.15) is 271 Å². The van der Waals surface area contributed by atoms with Gasteiger partial charge in [-0.25, -0.2) is 4.79 Å². The Hall–Kier alpha value is -4.05. The van der Waals surface area contributed by atoms with E-state index in [-0.39, 0.29) is 38.6 Å². The maximum Gasteiger partial charge on any atom is 0.361 e. The van der Waals surface area contributed by atoms with E-state index in [2.05, 4.69) is 123 Å². The minimum absolute atomic E-state index is 0.183. The molecule has 0 amide bonds. The monoisotopic (exact) mass is 1130 g/mol. The van der Waals surface area contributed by atoms with Crippen LogP contribution in [0.4, 0.5) is 0 Å². The third-order valence-corrected chi connectivity index (χ3v) is 14.0. The average molecular weight is 1130 g/mol. The van der Waals surface area contributed by atoms with Crippen LogP contribution in [0.5, 0.6) is 0 Å². The van der Waals surface area contributed by atoms with E-state index in [4.69, 9.17) is 18.9 Å². The molecule has 0 bridgehead atoms. The van der Waals surface area contributed by atoms with Gasteiger partial charge in [0.25, 0.3) is 6.29 Å². The maximum absolute atomic E-state index is 12.9. The lowest BCUT2D eigenvalue weighted by molar-refractivity contribution is -0.870. The molecule has 9 heteroatoms. The molecule has 0 aliphatic rings. The summed E-state index contributed by atoms with van der Waals surface area (Å²) in [5.74, 6) is -2.01. The van der Waals surface area contributed by atoms with Gasteiger partial charge in [0.05, 0.1) is 34.4 Å². The summed E-state index contributed by atoms with van der Waals surface area (Å²) in [6.07, 6.45) is 83.3. The number of carbonyl (C=O) groups is 3. The molecule has 0 heterocycles. The van der Waals surface area contributed by atoms with Crippen LogP contribution in [0.2, 0.25) is 0 Å². The first-order chi connectivity index (χ1) is 39.6. The molecule has 0 aromatic carbocycles. The van der Waals surface area contributed by atoms with Gasteiger partial charge in [0.15, 0.2) is 6.10 Å².